The van der Waals surface area contributed by atoms with Gasteiger partial charge in [-0.2, -0.15) is 0 Å². The molecule has 3 rings (SSSR count). The second-order valence-corrected chi connectivity index (χ2v) is 8.27. The van der Waals surface area contributed by atoms with Crippen molar-refractivity contribution in [2.75, 3.05) is 27.7 Å². The molecular formula is C20H21N3O4S. The first kappa shape index (κ1) is 19.6. The number of nitrogens with one attached hydrogen (secondary N) is 2. The fourth-order valence-corrected chi connectivity index (χ4v) is 3.47. The fraction of sp³-hybridized carbons (Fsp3) is 0.200. The minimum absolute atomic E-state index is 0.135. The van der Waals surface area contributed by atoms with Gasteiger partial charge in [-0.3, -0.25) is 14.3 Å². The van der Waals surface area contributed by atoms with Gasteiger partial charge in [0.05, 0.1) is 11.9 Å². The first-order valence-electron chi connectivity index (χ1n) is 8.77. The SMILES string of the molecule is CS(=O)(=O)Nc1cccc(NC(=O)C=Cc2ccc(N3CCCC3=O)cc2)c1. The monoisotopic (exact) mass is 399 g/mol. The fourth-order valence-electron chi connectivity index (χ4n) is 2.92. The van der Waals surface area contributed by atoms with Gasteiger partial charge in [0.1, 0.15) is 0 Å². The van der Waals surface area contributed by atoms with E-state index in [0.717, 1.165) is 30.5 Å². The van der Waals surface area contributed by atoms with Gasteiger partial charge < -0.3 is 10.2 Å². The number of rotatable bonds is 6. The van der Waals surface area contributed by atoms with Crippen LogP contribution in [0.15, 0.2) is 54.6 Å². The largest absolute Gasteiger partial charge is 0.322 e. The molecule has 0 saturated carbocycles. The predicted molar refractivity (Wildman–Crippen MR) is 111 cm³/mol. The highest BCUT2D eigenvalue weighted by Crippen LogP contribution is 2.22. The molecule has 1 saturated heterocycles. The topological polar surface area (TPSA) is 95.6 Å². The van der Waals surface area contributed by atoms with Gasteiger partial charge in [0, 0.05) is 30.4 Å². The van der Waals surface area contributed by atoms with E-state index in [4.69, 9.17) is 0 Å². The number of carbonyl (C=O) groups is 2. The highest BCUT2D eigenvalue weighted by molar-refractivity contribution is 7.92. The number of carbonyl (C=O) groups excluding carboxylic acids is 2. The number of hydrogen-bond acceptors (Lipinski definition) is 4. The van der Waals surface area contributed by atoms with Gasteiger partial charge in [-0.15, -0.1) is 0 Å². The van der Waals surface area contributed by atoms with E-state index in [1.54, 1.807) is 29.2 Å². The lowest BCUT2D eigenvalue weighted by Gasteiger charge is -2.15. The van der Waals surface area contributed by atoms with Crippen LogP contribution in [0.4, 0.5) is 17.1 Å². The van der Waals surface area contributed by atoms with Crippen molar-refractivity contribution in [3.05, 3.63) is 60.2 Å². The van der Waals surface area contributed by atoms with Crippen LogP contribution in [0.25, 0.3) is 6.08 Å². The molecule has 2 N–H and O–H groups in total. The Bertz CT molecular complexity index is 1010. The second kappa shape index (κ2) is 8.26. The average molecular weight is 399 g/mol. The summed E-state index contributed by atoms with van der Waals surface area (Å²) < 4.78 is 24.9. The molecule has 0 unspecified atom stereocenters. The minimum atomic E-state index is -3.38. The molecule has 1 aliphatic rings. The Morgan fingerprint density at radius 1 is 1.11 bits per heavy atom. The number of nitrogens with zero attached hydrogens (tertiary/aromatic N) is 1. The summed E-state index contributed by atoms with van der Waals surface area (Å²) in [7, 11) is -3.38. The molecule has 146 valence electrons. The van der Waals surface area contributed by atoms with Gasteiger partial charge in [0.2, 0.25) is 21.8 Å². The van der Waals surface area contributed by atoms with E-state index in [9.17, 15) is 18.0 Å². The van der Waals surface area contributed by atoms with E-state index < -0.39 is 10.0 Å². The standard InChI is InChI=1S/C20H21N3O4S/c1-28(26,27)22-17-5-2-4-16(14-17)21-19(24)12-9-15-7-10-18(11-8-15)23-13-3-6-20(23)25/h2,4-5,7-12,14,22H,3,6,13H2,1H3,(H,21,24). The van der Waals surface area contributed by atoms with Crippen molar-refractivity contribution in [1.29, 1.82) is 0 Å². The molecule has 1 heterocycles. The van der Waals surface area contributed by atoms with Crippen LogP contribution >= 0.6 is 0 Å². The second-order valence-electron chi connectivity index (χ2n) is 6.52. The smallest absolute Gasteiger partial charge is 0.248 e. The Balaban J connectivity index is 1.61. The Morgan fingerprint density at radius 3 is 2.46 bits per heavy atom. The van der Waals surface area contributed by atoms with Crippen LogP contribution in [-0.2, 0) is 19.6 Å². The molecule has 0 radical (unpaired) electrons. The summed E-state index contributed by atoms with van der Waals surface area (Å²) in [6.07, 6.45) is 5.59. The van der Waals surface area contributed by atoms with Gasteiger partial charge in [-0.05, 0) is 48.4 Å². The summed E-state index contributed by atoms with van der Waals surface area (Å²) in [5, 5.41) is 2.69. The third-order valence-corrected chi connectivity index (χ3v) is 4.75. The maximum absolute atomic E-state index is 12.1. The molecule has 0 aliphatic carbocycles. The Morgan fingerprint density at radius 2 is 1.82 bits per heavy atom. The Hall–Kier alpha value is -3.13. The Labute approximate surface area is 164 Å². The first-order chi connectivity index (χ1) is 13.3. The summed E-state index contributed by atoms with van der Waals surface area (Å²) in [5.74, 6) is -0.203. The molecular weight excluding hydrogens is 378 g/mol. The van der Waals surface area contributed by atoms with Gasteiger partial charge >= 0.3 is 0 Å². The summed E-state index contributed by atoms with van der Waals surface area (Å²) in [6.45, 7) is 0.740. The lowest BCUT2D eigenvalue weighted by molar-refractivity contribution is -0.117. The van der Waals surface area contributed by atoms with E-state index in [-0.39, 0.29) is 11.8 Å². The van der Waals surface area contributed by atoms with E-state index in [0.29, 0.717) is 17.8 Å². The summed E-state index contributed by atoms with van der Waals surface area (Å²) in [6, 6.07) is 13.9. The summed E-state index contributed by atoms with van der Waals surface area (Å²) in [4.78, 5) is 25.6. The third kappa shape index (κ3) is 5.43. The van der Waals surface area contributed by atoms with E-state index in [1.807, 2.05) is 24.3 Å². The van der Waals surface area contributed by atoms with Gasteiger partial charge in [-0.25, -0.2) is 8.42 Å². The van der Waals surface area contributed by atoms with Crippen LogP contribution in [0.2, 0.25) is 0 Å². The summed E-state index contributed by atoms with van der Waals surface area (Å²) >= 11 is 0. The van der Waals surface area contributed by atoms with Crippen molar-refractivity contribution in [2.24, 2.45) is 0 Å². The zero-order valence-corrected chi connectivity index (χ0v) is 16.2. The Kier molecular flexibility index (Phi) is 5.79. The van der Waals surface area contributed by atoms with Crippen molar-refractivity contribution in [3.8, 4) is 0 Å². The molecule has 2 amide bonds. The van der Waals surface area contributed by atoms with Gasteiger partial charge in [-0.1, -0.05) is 18.2 Å². The third-order valence-electron chi connectivity index (χ3n) is 4.14. The highest BCUT2D eigenvalue weighted by Gasteiger charge is 2.21. The number of anilines is 3. The van der Waals surface area contributed by atoms with Crippen LogP contribution in [0.3, 0.4) is 0 Å². The van der Waals surface area contributed by atoms with Crippen molar-refractivity contribution >= 4 is 45.0 Å². The number of hydrogen-bond donors (Lipinski definition) is 2. The van der Waals surface area contributed by atoms with Crippen molar-refractivity contribution in [2.45, 2.75) is 12.8 Å². The molecule has 0 atom stereocenters. The molecule has 0 bridgehead atoms. The number of amides is 2. The molecule has 1 aliphatic heterocycles. The average Bonchev–Trinajstić information content (AvgIpc) is 3.05. The molecule has 28 heavy (non-hydrogen) atoms. The molecule has 7 nitrogen and oxygen atoms in total. The molecule has 0 aromatic heterocycles. The normalized spacial score (nSPS) is 14.5. The molecule has 2 aromatic rings. The quantitative estimate of drug-likeness (QED) is 0.730. The van der Waals surface area contributed by atoms with Crippen molar-refractivity contribution in [1.82, 2.24) is 0 Å². The molecule has 2 aromatic carbocycles. The molecule has 1 fully saturated rings. The predicted octanol–water partition coefficient (Wildman–Crippen LogP) is 2.84. The van der Waals surface area contributed by atoms with Crippen LogP contribution < -0.4 is 14.9 Å². The van der Waals surface area contributed by atoms with Crippen molar-refractivity contribution in [3.63, 3.8) is 0 Å². The highest BCUT2D eigenvalue weighted by atomic mass is 32.2. The van der Waals surface area contributed by atoms with E-state index in [2.05, 4.69) is 10.0 Å². The van der Waals surface area contributed by atoms with E-state index in [1.165, 1.54) is 12.1 Å². The van der Waals surface area contributed by atoms with Crippen LogP contribution in [0.1, 0.15) is 18.4 Å². The van der Waals surface area contributed by atoms with Gasteiger partial charge in [0.15, 0.2) is 0 Å². The van der Waals surface area contributed by atoms with Crippen LogP contribution in [0.5, 0.6) is 0 Å². The van der Waals surface area contributed by atoms with Crippen LogP contribution in [-0.4, -0.2) is 33.0 Å². The zero-order chi connectivity index (χ0) is 20.1. The number of sulfonamides is 1. The number of benzene rings is 2. The lowest BCUT2D eigenvalue weighted by Crippen LogP contribution is -2.23. The van der Waals surface area contributed by atoms with Crippen molar-refractivity contribution < 1.29 is 18.0 Å². The summed E-state index contributed by atoms with van der Waals surface area (Å²) in [5.41, 5.74) is 2.54. The van der Waals surface area contributed by atoms with Gasteiger partial charge in [0.25, 0.3) is 0 Å². The molecule has 8 heteroatoms. The maximum atomic E-state index is 12.1. The van der Waals surface area contributed by atoms with Crippen LogP contribution in [0, 0.1) is 0 Å². The lowest BCUT2D eigenvalue weighted by atomic mass is 10.2. The molecule has 0 spiro atoms. The first-order valence-corrected chi connectivity index (χ1v) is 10.7. The maximum Gasteiger partial charge on any atom is 0.248 e. The minimum Gasteiger partial charge on any atom is -0.322 e. The van der Waals surface area contributed by atoms with E-state index >= 15 is 0 Å². The zero-order valence-electron chi connectivity index (χ0n) is 15.4.